The van der Waals surface area contributed by atoms with Crippen molar-refractivity contribution in [1.82, 2.24) is 5.32 Å². The van der Waals surface area contributed by atoms with E-state index in [9.17, 15) is 17.6 Å². The minimum Gasteiger partial charge on any atom is -0.310 e. The van der Waals surface area contributed by atoms with E-state index >= 15 is 0 Å². The molecule has 1 aromatic carbocycles. The van der Waals surface area contributed by atoms with Crippen LogP contribution in [0.5, 0.6) is 0 Å². The topological polar surface area (TPSA) is 12.0 Å². The van der Waals surface area contributed by atoms with Crippen molar-refractivity contribution in [3.8, 4) is 0 Å². The summed E-state index contributed by atoms with van der Waals surface area (Å²) in [6.07, 6.45) is -4.44. The van der Waals surface area contributed by atoms with E-state index in [0.29, 0.717) is 18.5 Å². The molecule has 0 aliphatic rings. The van der Waals surface area contributed by atoms with Crippen molar-refractivity contribution >= 4 is 0 Å². The second-order valence-electron chi connectivity index (χ2n) is 4.63. The van der Waals surface area contributed by atoms with Crippen LogP contribution < -0.4 is 5.32 Å². The summed E-state index contributed by atoms with van der Waals surface area (Å²) in [5.74, 6) is -0.297. The van der Waals surface area contributed by atoms with E-state index in [-0.39, 0.29) is 18.3 Å². The molecular formula is C14H19F4N. The van der Waals surface area contributed by atoms with Gasteiger partial charge in [0.15, 0.2) is 0 Å². The molecule has 0 amide bonds. The van der Waals surface area contributed by atoms with Crippen LogP contribution in [0.25, 0.3) is 0 Å². The van der Waals surface area contributed by atoms with Crippen molar-refractivity contribution in [2.24, 2.45) is 0 Å². The maximum absolute atomic E-state index is 13.2. The largest absolute Gasteiger partial charge is 0.389 e. The minimum atomic E-state index is -4.12. The van der Waals surface area contributed by atoms with Crippen molar-refractivity contribution in [2.45, 2.75) is 45.3 Å². The first-order valence-electron chi connectivity index (χ1n) is 6.39. The van der Waals surface area contributed by atoms with Crippen LogP contribution in [0.4, 0.5) is 17.6 Å². The van der Waals surface area contributed by atoms with Gasteiger partial charge in [-0.15, -0.1) is 0 Å². The fraction of sp³-hybridized carbons (Fsp3) is 0.571. The van der Waals surface area contributed by atoms with Crippen LogP contribution in [0.15, 0.2) is 18.2 Å². The highest BCUT2D eigenvalue weighted by Gasteiger charge is 2.26. The van der Waals surface area contributed by atoms with Gasteiger partial charge in [-0.3, -0.25) is 0 Å². The van der Waals surface area contributed by atoms with E-state index < -0.39 is 12.6 Å². The normalized spacial score (nSPS) is 13.6. The summed E-state index contributed by atoms with van der Waals surface area (Å²) in [5, 5.41) is 3.14. The van der Waals surface area contributed by atoms with E-state index in [1.807, 2.05) is 6.92 Å². The second kappa shape index (κ2) is 6.89. The Morgan fingerprint density at radius 3 is 2.47 bits per heavy atom. The first-order valence-corrected chi connectivity index (χ1v) is 6.39. The fourth-order valence-corrected chi connectivity index (χ4v) is 2.02. The van der Waals surface area contributed by atoms with Crippen LogP contribution in [-0.2, 0) is 0 Å². The molecule has 5 heteroatoms. The third-order valence-corrected chi connectivity index (χ3v) is 2.99. The molecule has 0 aliphatic carbocycles. The molecule has 1 atom stereocenters. The Balaban J connectivity index is 2.68. The minimum absolute atomic E-state index is 0.0671. The average molecular weight is 277 g/mol. The molecule has 0 saturated carbocycles. The van der Waals surface area contributed by atoms with E-state index in [1.54, 1.807) is 19.1 Å². The molecule has 0 radical (unpaired) electrons. The number of aryl methyl sites for hydroxylation is 1. The summed E-state index contributed by atoms with van der Waals surface area (Å²) in [5.41, 5.74) is 1.35. The second-order valence-corrected chi connectivity index (χ2v) is 4.63. The first-order chi connectivity index (χ1) is 8.83. The molecule has 0 fully saturated rings. The van der Waals surface area contributed by atoms with E-state index in [2.05, 4.69) is 5.32 Å². The molecule has 19 heavy (non-hydrogen) atoms. The molecule has 1 rings (SSSR count). The van der Waals surface area contributed by atoms with Gasteiger partial charge in [0.05, 0.1) is 0 Å². The molecule has 0 bridgehead atoms. The van der Waals surface area contributed by atoms with Crippen LogP contribution >= 0.6 is 0 Å². The summed E-state index contributed by atoms with van der Waals surface area (Å²) in [6.45, 7) is 4.21. The van der Waals surface area contributed by atoms with Crippen molar-refractivity contribution in [3.63, 3.8) is 0 Å². The number of benzene rings is 1. The standard InChI is InChI=1S/C14H19F4N/c1-3-19-13(5-4-8-14(16,17)18)11-6-7-12(15)10(2)9-11/h6-7,9,13,19H,3-5,8H2,1-2H3. The van der Waals surface area contributed by atoms with E-state index in [1.165, 1.54) is 6.07 Å². The summed E-state index contributed by atoms with van der Waals surface area (Å²) in [6, 6.07) is 4.52. The Hall–Kier alpha value is -1.10. The van der Waals surface area contributed by atoms with Gasteiger partial charge in [-0.25, -0.2) is 4.39 Å². The molecule has 0 spiro atoms. The van der Waals surface area contributed by atoms with Gasteiger partial charge in [0, 0.05) is 12.5 Å². The highest BCUT2D eigenvalue weighted by Crippen LogP contribution is 2.27. The number of nitrogens with one attached hydrogen (secondary N) is 1. The van der Waals surface area contributed by atoms with Gasteiger partial charge in [0.2, 0.25) is 0 Å². The van der Waals surface area contributed by atoms with Crippen molar-refractivity contribution in [1.29, 1.82) is 0 Å². The van der Waals surface area contributed by atoms with E-state index in [0.717, 1.165) is 5.56 Å². The van der Waals surface area contributed by atoms with E-state index in [4.69, 9.17) is 0 Å². The smallest absolute Gasteiger partial charge is 0.310 e. The quantitative estimate of drug-likeness (QED) is 0.754. The van der Waals surface area contributed by atoms with Crippen LogP contribution in [-0.4, -0.2) is 12.7 Å². The maximum atomic E-state index is 13.2. The summed E-state index contributed by atoms with van der Waals surface area (Å²) < 4.78 is 49.6. The molecule has 0 saturated heterocycles. The predicted octanol–water partition coefficient (Wildman–Crippen LogP) is 4.52. The summed E-state index contributed by atoms with van der Waals surface area (Å²) >= 11 is 0. The molecule has 108 valence electrons. The van der Waals surface area contributed by atoms with Crippen molar-refractivity contribution in [3.05, 3.63) is 35.1 Å². The Bertz CT molecular complexity index is 401. The van der Waals surface area contributed by atoms with Gasteiger partial charge >= 0.3 is 6.18 Å². The van der Waals surface area contributed by atoms with Gasteiger partial charge in [0.1, 0.15) is 5.82 Å². The lowest BCUT2D eigenvalue weighted by Crippen LogP contribution is -2.21. The van der Waals surface area contributed by atoms with Crippen LogP contribution in [0.1, 0.15) is 43.4 Å². The predicted molar refractivity (Wildman–Crippen MR) is 67.5 cm³/mol. The SMILES string of the molecule is CCNC(CCCC(F)(F)F)c1ccc(F)c(C)c1. The summed E-state index contributed by atoms with van der Waals surface area (Å²) in [4.78, 5) is 0. The zero-order chi connectivity index (χ0) is 14.5. The third kappa shape index (κ3) is 5.59. The van der Waals surface area contributed by atoms with Gasteiger partial charge in [-0.05, 0) is 43.5 Å². The number of hydrogen-bond acceptors (Lipinski definition) is 1. The fourth-order valence-electron chi connectivity index (χ4n) is 2.02. The summed E-state index contributed by atoms with van der Waals surface area (Å²) in [7, 11) is 0. The zero-order valence-corrected chi connectivity index (χ0v) is 11.1. The third-order valence-electron chi connectivity index (χ3n) is 2.99. The number of hydrogen-bond donors (Lipinski definition) is 1. The number of rotatable bonds is 6. The van der Waals surface area contributed by atoms with Crippen LogP contribution in [0.3, 0.4) is 0 Å². The average Bonchev–Trinajstić information content (AvgIpc) is 2.30. The molecule has 1 nitrogen and oxygen atoms in total. The molecule has 0 aliphatic heterocycles. The van der Waals surface area contributed by atoms with Crippen molar-refractivity contribution < 1.29 is 17.6 Å². The lowest BCUT2D eigenvalue weighted by molar-refractivity contribution is -0.135. The van der Waals surface area contributed by atoms with Gasteiger partial charge in [-0.2, -0.15) is 13.2 Å². The highest BCUT2D eigenvalue weighted by atomic mass is 19.4. The van der Waals surface area contributed by atoms with Gasteiger partial charge in [-0.1, -0.05) is 19.1 Å². The Kier molecular flexibility index (Phi) is 5.79. The Labute approximate surface area is 111 Å². The van der Waals surface area contributed by atoms with Crippen molar-refractivity contribution in [2.75, 3.05) is 6.54 Å². The number of alkyl halides is 3. The molecule has 1 unspecified atom stereocenters. The first kappa shape index (κ1) is 16.0. The van der Waals surface area contributed by atoms with Crippen LogP contribution in [0, 0.1) is 12.7 Å². The highest BCUT2D eigenvalue weighted by molar-refractivity contribution is 5.26. The molecule has 1 aromatic rings. The maximum Gasteiger partial charge on any atom is 0.389 e. The molecule has 1 N–H and O–H groups in total. The van der Waals surface area contributed by atoms with Crippen LogP contribution in [0.2, 0.25) is 0 Å². The van der Waals surface area contributed by atoms with Gasteiger partial charge in [0.25, 0.3) is 0 Å². The lowest BCUT2D eigenvalue weighted by Gasteiger charge is -2.19. The molecular weight excluding hydrogens is 258 g/mol. The molecule has 0 aromatic heterocycles. The number of halogens is 4. The zero-order valence-electron chi connectivity index (χ0n) is 11.1. The Morgan fingerprint density at radius 1 is 1.26 bits per heavy atom. The monoisotopic (exact) mass is 277 g/mol. The lowest BCUT2D eigenvalue weighted by atomic mass is 9.99. The molecule has 0 heterocycles. The Morgan fingerprint density at radius 2 is 1.95 bits per heavy atom. The van der Waals surface area contributed by atoms with Gasteiger partial charge < -0.3 is 5.32 Å².